The number of ether oxygens (including phenoxy) is 1. The minimum Gasteiger partial charge on any atom is -0.444 e. The summed E-state index contributed by atoms with van der Waals surface area (Å²) in [6.07, 6.45) is 3.39. The van der Waals surface area contributed by atoms with Gasteiger partial charge in [-0.1, -0.05) is 41.4 Å². The number of amides is 1. The summed E-state index contributed by atoms with van der Waals surface area (Å²) in [7, 11) is 0. The summed E-state index contributed by atoms with van der Waals surface area (Å²) < 4.78 is 5.14. The Morgan fingerprint density at radius 1 is 1.26 bits per heavy atom. The number of halogens is 2. The summed E-state index contributed by atoms with van der Waals surface area (Å²) in [5.74, 6) is 0. The smallest absolute Gasteiger partial charge is 0.407 e. The van der Waals surface area contributed by atoms with E-state index in [0.29, 0.717) is 23.1 Å². The number of nitrogens with one attached hydrogen (secondary N) is 2. The zero-order chi connectivity index (χ0) is 17.5. The van der Waals surface area contributed by atoms with Crippen molar-refractivity contribution in [3.8, 4) is 0 Å². The van der Waals surface area contributed by atoms with Gasteiger partial charge in [-0.3, -0.25) is 0 Å². The fourth-order valence-corrected chi connectivity index (χ4v) is 2.40. The highest BCUT2D eigenvalue weighted by Gasteiger charge is 2.15. The first-order chi connectivity index (χ1) is 10.7. The predicted molar refractivity (Wildman–Crippen MR) is 96.3 cm³/mol. The van der Waals surface area contributed by atoms with Crippen LogP contribution in [0.3, 0.4) is 0 Å². The number of carbonyl (C=O) groups is 1. The summed E-state index contributed by atoms with van der Waals surface area (Å²) in [6.45, 7) is 8.60. The maximum absolute atomic E-state index is 11.4. The third-order valence-corrected chi connectivity index (χ3v) is 3.46. The fraction of sp³-hybridized carbons (Fsp3) is 0.471. The molecule has 0 aliphatic heterocycles. The molecule has 0 aromatic heterocycles. The molecule has 1 aromatic rings. The third kappa shape index (κ3) is 8.26. The Labute approximate surface area is 148 Å². The van der Waals surface area contributed by atoms with E-state index in [1.165, 1.54) is 0 Å². The van der Waals surface area contributed by atoms with E-state index in [1.54, 1.807) is 6.07 Å². The van der Waals surface area contributed by atoms with Crippen LogP contribution in [0.25, 0.3) is 0 Å². The first-order valence-electron chi connectivity index (χ1n) is 7.49. The summed E-state index contributed by atoms with van der Waals surface area (Å²) in [5, 5.41) is 7.26. The lowest BCUT2D eigenvalue weighted by Gasteiger charge is -2.19. The molecule has 23 heavy (non-hydrogen) atoms. The second-order valence-corrected chi connectivity index (χ2v) is 6.99. The van der Waals surface area contributed by atoms with Crippen molar-refractivity contribution < 1.29 is 9.53 Å². The highest BCUT2D eigenvalue weighted by atomic mass is 35.5. The van der Waals surface area contributed by atoms with Gasteiger partial charge >= 0.3 is 6.09 Å². The van der Waals surface area contributed by atoms with Gasteiger partial charge in [0.25, 0.3) is 0 Å². The molecular formula is C17H24Cl2N2O2. The number of rotatable bonds is 6. The molecule has 2 N–H and O–H groups in total. The predicted octanol–water partition coefficient (Wildman–Crippen LogP) is 4.72. The van der Waals surface area contributed by atoms with E-state index in [-0.39, 0.29) is 6.04 Å². The van der Waals surface area contributed by atoms with Crippen LogP contribution in [0.4, 0.5) is 4.79 Å². The second-order valence-electron chi connectivity index (χ2n) is 6.15. The van der Waals surface area contributed by atoms with Crippen molar-refractivity contribution in [2.24, 2.45) is 0 Å². The molecule has 0 saturated carbocycles. The third-order valence-electron chi connectivity index (χ3n) is 2.90. The van der Waals surface area contributed by atoms with E-state index in [0.717, 1.165) is 5.56 Å². The Morgan fingerprint density at radius 3 is 2.52 bits per heavy atom. The molecule has 128 valence electrons. The van der Waals surface area contributed by atoms with Crippen LogP contribution in [0.1, 0.15) is 39.3 Å². The SMILES string of the molecule is CC(NC/C=C/CNC(=O)OC(C)(C)C)c1ccc(Cl)cc1Cl. The van der Waals surface area contributed by atoms with Crippen LogP contribution in [-0.2, 0) is 4.74 Å². The molecule has 0 saturated heterocycles. The van der Waals surface area contributed by atoms with Gasteiger partial charge < -0.3 is 15.4 Å². The first kappa shape index (κ1) is 19.8. The lowest BCUT2D eigenvalue weighted by Crippen LogP contribution is -2.32. The quantitative estimate of drug-likeness (QED) is 0.723. The monoisotopic (exact) mass is 358 g/mol. The summed E-state index contributed by atoms with van der Waals surface area (Å²) in [6, 6.07) is 5.57. The molecule has 0 fully saturated rings. The van der Waals surface area contributed by atoms with Crippen molar-refractivity contribution in [2.75, 3.05) is 13.1 Å². The molecule has 1 unspecified atom stereocenters. The van der Waals surface area contributed by atoms with Crippen LogP contribution in [0.5, 0.6) is 0 Å². The van der Waals surface area contributed by atoms with Crippen molar-refractivity contribution in [3.63, 3.8) is 0 Å². The van der Waals surface area contributed by atoms with Crippen molar-refractivity contribution in [1.29, 1.82) is 0 Å². The average Bonchev–Trinajstić information content (AvgIpc) is 2.40. The molecule has 0 aliphatic rings. The maximum Gasteiger partial charge on any atom is 0.407 e. The van der Waals surface area contributed by atoms with Gasteiger partial charge in [0.15, 0.2) is 0 Å². The molecule has 4 nitrogen and oxygen atoms in total. The molecule has 1 aromatic carbocycles. The minimum absolute atomic E-state index is 0.100. The lowest BCUT2D eigenvalue weighted by atomic mass is 10.1. The van der Waals surface area contributed by atoms with Gasteiger partial charge in [0.1, 0.15) is 5.60 Å². The van der Waals surface area contributed by atoms with Gasteiger partial charge in [0.05, 0.1) is 0 Å². The van der Waals surface area contributed by atoms with Gasteiger partial charge in [-0.15, -0.1) is 0 Å². The van der Waals surface area contributed by atoms with Crippen LogP contribution in [0.15, 0.2) is 30.4 Å². The van der Waals surface area contributed by atoms with Crippen molar-refractivity contribution in [1.82, 2.24) is 10.6 Å². The fourth-order valence-electron chi connectivity index (χ4n) is 1.83. The molecule has 1 rings (SSSR count). The number of carbonyl (C=O) groups excluding carboxylic acids is 1. The lowest BCUT2D eigenvalue weighted by molar-refractivity contribution is 0.0534. The molecule has 0 bridgehead atoms. The largest absolute Gasteiger partial charge is 0.444 e. The summed E-state index contributed by atoms with van der Waals surface area (Å²) in [5.41, 5.74) is 0.513. The van der Waals surface area contributed by atoms with Crippen LogP contribution < -0.4 is 10.6 Å². The number of alkyl carbamates (subject to hydrolysis) is 1. The van der Waals surface area contributed by atoms with Gasteiger partial charge in [-0.2, -0.15) is 0 Å². The normalized spacial score (nSPS) is 13.1. The Bertz CT molecular complexity index is 554. The molecule has 0 spiro atoms. The van der Waals surface area contributed by atoms with Crippen LogP contribution in [0, 0.1) is 0 Å². The zero-order valence-electron chi connectivity index (χ0n) is 14.0. The summed E-state index contributed by atoms with van der Waals surface area (Å²) in [4.78, 5) is 11.4. The van der Waals surface area contributed by atoms with Gasteiger partial charge in [0, 0.05) is 29.2 Å². The molecule has 0 radical (unpaired) electrons. The molecule has 0 heterocycles. The van der Waals surface area contributed by atoms with Gasteiger partial charge in [-0.25, -0.2) is 4.79 Å². The molecular weight excluding hydrogens is 335 g/mol. The zero-order valence-corrected chi connectivity index (χ0v) is 15.5. The number of hydrogen-bond donors (Lipinski definition) is 2. The van der Waals surface area contributed by atoms with E-state index in [2.05, 4.69) is 10.6 Å². The molecule has 6 heteroatoms. The second kappa shape index (κ2) is 9.16. The highest BCUT2D eigenvalue weighted by Crippen LogP contribution is 2.25. The van der Waals surface area contributed by atoms with E-state index >= 15 is 0 Å². The van der Waals surface area contributed by atoms with Crippen LogP contribution in [-0.4, -0.2) is 24.8 Å². The van der Waals surface area contributed by atoms with Gasteiger partial charge in [0.2, 0.25) is 0 Å². The Balaban J connectivity index is 2.29. The van der Waals surface area contributed by atoms with Crippen molar-refractivity contribution >= 4 is 29.3 Å². The number of hydrogen-bond acceptors (Lipinski definition) is 3. The Morgan fingerprint density at radius 2 is 1.91 bits per heavy atom. The van der Waals surface area contributed by atoms with Crippen LogP contribution >= 0.6 is 23.2 Å². The number of benzene rings is 1. The molecule has 1 amide bonds. The van der Waals surface area contributed by atoms with Crippen molar-refractivity contribution in [2.45, 2.75) is 39.3 Å². The van der Waals surface area contributed by atoms with Gasteiger partial charge in [-0.05, 0) is 45.4 Å². The van der Waals surface area contributed by atoms with E-state index in [9.17, 15) is 4.79 Å². The summed E-state index contributed by atoms with van der Waals surface area (Å²) >= 11 is 12.1. The van der Waals surface area contributed by atoms with E-state index in [1.807, 2.05) is 52.0 Å². The van der Waals surface area contributed by atoms with Crippen molar-refractivity contribution in [3.05, 3.63) is 46.0 Å². The maximum atomic E-state index is 11.4. The topological polar surface area (TPSA) is 50.4 Å². The first-order valence-corrected chi connectivity index (χ1v) is 8.25. The molecule has 0 aliphatic carbocycles. The minimum atomic E-state index is -0.483. The Kier molecular flexibility index (Phi) is 7.89. The standard InChI is InChI=1S/C17H24Cl2N2O2/c1-12(14-8-7-13(18)11-15(14)19)20-9-5-6-10-21-16(22)23-17(2,3)4/h5-8,11-12,20H,9-10H2,1-4H3,(H,21,22)/b6-5+. The Hall–Kier alpha value is -1.23. The molecule has 1 atom stereocenters. The highest BCUT2D eigenvalue weighted by molar-refractivity contribution is 6.35. The average molecular weight is 359 g/mol. The van der Waals surface area contributed by atoms with Crippen LogP contribution in [0.2, 0.25) is 10.0 Å². The van der Waals surface area contributed by atoms with E-state index < -0.39 is 11.7 Å². The van der Waals surface area contributed by atoms with E-state index in [4.69, 9.17) is 27.9 Å².